The Kier molecular flexibility index (Phi) is 6.59. The first-order valence-electron chi connectivity index (χ1n) is 6.31. The third-order valence-corrected chi connectivity index (χ3v) is 3.01. The van der Waals surface area contributed by atoms with Crippen LogP contribution in [0.3, 0.4) is 0 Å². The number of unbranched alkanes of at least 4 members (excludes halogenated alkanes) is 3. The van der Waals surface area contributed by atoms with E-state index in [-0.39, 0.29) is 6.04 Å². The summed E-state index contributed by atoms with van der Waals surface area (Å²) in [5.74, 6) is 1.54. The molecule has 0 aromatic heterocycles. The van der Waals surface area contributed by atoms with E-state index in [2.05, 4.69) is 12.0 Å². The standard InChI is InChI=1S/C14H19F3N2/c1-2-3-4-5-6-7-13(19-18)10-8-11(15)14(17)12(16)9-10/h2,8-9,13,19H,1,3-7,18H2. The second-order valence-electron chi connectivity index (χ2n) is 4.44. The van der Waals surface area contributed by atoms with E-state index in [0.717, 1.165) is 37.8 Å². The maximum atomic E-state index is 13.1. The fourth-order valence-electron chi connectivity index (χ4n) is 1.94. The first-order chi connectivity index (χ1) is 9.10. The molecule has 0 fully saturated rings. The Bertz CT molecular complexity index is 398. The summed E-state index contributed by atoms with van der Waals surface area (Å²) in [6, 6.07) is 1.58. The van der Waals surface area contributed by atoms with Gasteiger partial charge in [0.05, 0.1) is 0 Å². The molecule has 0 heterocycles. The van der Waals surface area contributed by atoms with Crippen molar-refractivity contribution in [2.75, 3.05) is 0 Å². The Hall–Kier alpha value is -1.33. The van der Waals surface area contributed by atoms with E-state index >= 15 is 0 Å². The molecule has 1 aromatic carbocycles. The van der Waals surface area contributed by atoms with Crippen molar-refractivity contribution in [1.29, 1.82) is 0 Å². The van der Waals surface area contributed by atoms with Crippen molar-refractivity contribution in [1.82, 2.24) is 5.43 Å². The summed E-state index contributed by atoms with van der Waals surface area (Å²) in [6.07, 6.45) is 6.30. The lowest BCUT2D eigenvalue weighted by molar-refractivity contribution is 0.433. The second kappa shape index (κ2) is 7.96. The fourth-order valence-corrected chi connectivity index (χ4v) is 1.94. The highest BCUT2D eigenvalue weighted by Crippen LogP contribution is 2.23. The van der Waals surface area contributed by atoms with Gasteiger partial charge in [-0.25, -0.2) is 13.2 Å². The molecule has 1 unspecified atom stereocenters. The summed E-state index contributed by atoms with van der Waals surface area (Å²) < 4.78 is 39.1. The van der Waals surface area contributed by atoms with Crippen molar-refractivity contribution >= 4 is 0 Å². The summed E-state index contributed by atoms with van der Waals surface area (Å²) in [5, 5.41) is 0. The van der Waals surface area contributed by atoms with Gasteiger partial charge in [-0.2, -0.15) is 0 Å². The molecule has 1 atom stereocenters. The number of hydrogen-bond donors (Lipinski definition) is 2. The molecule has 0 bridgehead atoms. The number of rotatable bonds is 8. The van der Waals surface area contributed by atoms with Gasteiger partial charge in [0.25, 0.3) is 0 Å². The van der Waals surface area contributed by atoms with Crippen molar-refractivity contribution in [2.45, 2.75) is 38.1 Å². The lowest BCUT2D eigenvalue weighted by Gasteiger charge is -2.16. The largest absolute Gasteiger partial charge is 0.271 e. The molecule has 2 nitrogen and oxygen atoms in total. The number of allylic oxidation sites excluding steroid dienone is 1. The lowest BCUT2D eigenvalue weighted by atomic mass is 10.00. The summed E-state index contributed by atoms with van der Waals surface area (Å²) in [4.78, 5) is 0. The van der Waals surface area contributed by atoms with Gasteiger partial charge in [-0.05, 0) is 37.0 Å². The highest BCUT2D eigenvalue weighted by Gasteiger charge is 2.16. The molecule has 1 aromatic rings. The van der Waals surface area contributed by atoms with Crippen LogP contribution >= 0.6 is 0 Å². The van der Waals surface area contributed by atoms with Gasteiger partial charge < -0.3 is 0 Å². The fraction of sp³-hybridized carbons (Fsp3) is 0.429. The normalized spacial score (nSPS) is 12.4. The molecule has 1 rings (SSSR count). The number of nitrogens with one attached hydrogen (secondary N) is 1. The van der Waals surface area contributed by atoms with Crippen molar-refractivity contribution in [3.63, 3.8) is 0 Å². The number of hydrazine groups is 1. The quantitative estimate of drug-likeness (QED) is 0.249. The van der Waals surface area contributed by atoms with E-state index in [1.54, 1.807) is 0 Å². The van der Waals surface area contributed by atoms with Gasteiger partial charge in [-0.15, -0.1) is 6.58 Å². The number of nitrogens with two attached hydrogens (primary N) is 1. The third kappa shape index (κ3) is 4.69. The van der Waals surface area contributed by atoms with Crippen molar-refractivity contribution in [3.05, 3.63) is 47.8 Å². The molecule has 106 valence electrons. The van der Waals surface area contributed by atoms with Gasteiger partial charge in [-0.3, -0.25) is 11.3 Å². The zero-order valence-electron chi connectivity index (χ0n) is 10.8. The predicted molar refractivity (Wildman–Crippen MR) is 69.7 cm³/mol. The molecule has 0 spiro atoms. The molecule has 0 aliphatic carbocycles. The van der Waals surface area contributed by atoms with E-state index in [1.165, 1.54) is 0 Å². The lowest BCUT2D eigenvalue weighted by Crippen LogP contribution is -2.28. The minimum absolute atomic E-state index is 0.322. The van der Waals surface area contributed by atoms with E-state index in [0.29, 0.717) is 12.0 Å². The van der Waals surface area contributed by atoms with E-state index in [4.69, 9.17) is 5.84 Å². The summed E-state index contributed by atoms with van der Waals surface area (Å²) in [6.45, 7) is 3.63. The maximum Gasteiger partial charge on any atom is 0.194 e. The van der Waals surface area contributed by atoms with Crippen LogP contribution in [0.2, 0.25) is 0 Å². The van der Waals surface area contributed by atoms with E-state index < -0.39 is 17.5 Å². The highest BCUT2D eigenvalue weighted by molar-refractivity contribution is 5.22. The van der Waals surface area contributed by atoms with Crippen LogP contribution in [-0.4, -0.2) is 0 Å². The number of hydrogen-bond acceptors (Lipinski definition) is 2. The Morgan fingerprint density at radius 1 is 1.16 bits per heavy atom. The smallest absolute Gasteiger partial charge is 0.194 e. The van der Waals surface area contributed by atoms with Crippen LogP contribution < -0.4 is 11.3 Å². The SMILES string of the molecule is C=CCCCCCC(NN)c1cc(F)c(F)c(F)c1. The third-order valence-electron chi connectivity index (χ3n) is 3.01. The van der Waals surface area contributed by atoms with Gasteiger partial charge in [0.2, 0.25) is 0 Å². The first-order valence-corrected chi connectivity index (χ1v) is 6.31. The van der Waals surface area contributed by atoms with Gasteiger partial charge in [-0.1, -0.05) is 18.9 Å². The molecule has 0 aliphatic rings. The summed E-state index contributed by atoms with van der Waals surface area (Å²) in [5.41, 5.74) is 2.83. The van der Waals surface area contributed by atoms with E-state index in [9.17, 15) is 13.2 Å². The Labute approximate surface area is 111 Å². The summed E-state index contributed by atoms with van der Waals surface area (Å²) >= 11 is 0. The molecule has 0 saturated carbocycles. The maximum absolute atomic E-state index is 13.1. The number of benzene rings is 1. The molecule has 0 radical (unpaired) electrons. The highest BCUT2D eigenvalue weighted by atomic mass is 19.2. The number of halogens is 3. The molecular weight excluding hydrogens is 253 g/mol. The van der Waals surface area contributed by atoms with Crippen molar-refractivity contribution in [2.24, 2.45) is 5.84 Å². The zero-order chi connectivity index (χ0) is 14.3. The molecule has 0 saturated heterocycles. The van der Waals surface area contributed by atoms with Gasteiger partial charge >= 0.3 is 0 Å². The van der Waals surface area contributed by atoms with Crippen molar-refractivity contribution < 1.29 is 13.2 Å². The van der Waals surface area contributed by atoms with Crippen LogP contribution in [0.15, 0.2) is 24.8 Å². The van der Waals surface area contributed by atoms with Crippen LogP contribution in [0, 0.1) is 17.5 Å². The molecular formula is C14H19F3N2. The van der Waals surface area contributed by atoms with Crippen LogP contribution in [0.25, 0.3) is 0 Å². The van der Waals surface area contributed by atoms with Gasteiger partial charge in [0.1, 0.15) is 0 Å². The zero-order valence-corrected chi connectivity index (χ0v) is 10.8. The molecule has 5 heteroatoms. The first kappa shape index (κ1) is 15.7. The van der Waals surface area contributed by atoms with Crippen LogP contribution in [-0.2, 0) is 0 Å². The Morgan fingerprint density at radius 2 is 1.79 bits per heavy atom. The van der Waals surface area contributed by atoms with Crippen LogP contribution in [0.1, 0.15) is 43.7 Å². The van der Waals surface area contributed by atoms with Crippen molar-refractivity contribution in [3.8, 4) is 0 Å². The minimum Gasteiger partial charge on any atom is -0.271 e. The molecule has 0 aliphatic heterocycles. The predicted octanol–water partition coefficient (Wildman–Crippen LogP) is 3.74. The van der Waals surface area contributed by atoms with E-state index in [1.807, 2.05) is 6.08 Å². The van der Waals surface area contributed by atoms with Gasteiger partial charge in [0, 0.05) is 6.04 Å². The topological polar surface area (TPSA) is 38.0 Å². The summed E-state index contributed by atoms with van der Waals surface area (Å²) in [7, 11) is 0. The van der Waals surface area contributed by atoms with Crippen LogP contribution in [0.5, 0.6) is 0 Å². The molecule has 19 heavy (non-hydrogen) atoms. The Morgan fingerprint density at radius 3 is 2.32 bits per heavy atom. The molecule has 3 N–H and O–H groups in total. The second-order valence-corrected chi connectivity index (χ2v) is 4.44. The monoisotopic (exact) mass is 272 g/mol. The minimum atomic E-state index is -1.45. The molecule has 0 amide bonds. The van der Waals surface area contributed by atoms with Gasteiger partial charge in [0.15, 0.2) is 17.5 Å². The average Bonchev–Trinajstić information content (AvgIpc) is 2.39. The Balaban J connectivity index is 2.61. The average molecular weight is 272 g/mol. The van der Waals surface area contributed by atoms with Crippen LogP contribution in [0.4, 0.5) is 13.2 Å².